The first-order valence-corrected chi connectivity index (χ1v) is 10.2. The normalized spacial score (nSPS) is 14.1. The summed E-state index contributed by atoms with van der Waals surface area (Å²) in [7, 11) is 0. The molecule has 2 N–H and O–H groups in total. The minimum atomic E-state index is 0.0914. The van der Waals surface area contributed by atoms with E-state index in [1.807, 2.05) is 48.0 Å². The number of hydrogen-bond donors (Lipinski definition) is 2. The van der Waals surface area contributed by atoms with Crippen molar-refractivity contribution in [3.05, 3.63) is 54.9 Å². The van der Waals surface area contributed by atoms with Gasteiger partial charge in [0.1, 0.15) is 23.8 Å². The number of rotatable bonds is 7. The number of aryl methyl sites for hydroxylation is 1. The predicted molar refractivity (Wildman–Crippen MR) is 113 cm³/mol. The number of hydrogen-bond acceptors (Lipinski definition) is 5. The molecule has 0 radical (unpaired) electrons. The smallest absolute Gasteiger partial charge is 0.224 e. The monoisotopic (exact) mass is 390 g/mol. The van der Waals surface area contributed by atoms with Crippen molar-refractivity contribution in [2.24, 2.45) is 5.92 Å². The highest BCUT2D eigenvalue weighted by molar-refractivity contribution is 5.90. The molecule has 0 aliphatic heterocycles. The van der Waals surface area contributed by atoms with Gasteiger partial charge in [-0.15, -0.1) is 0 Å². The number of nitrogens with zero attached hydrogens (tertiary/aromatic N) is 4. The highest BCUT2D eigenvalue weighted by Crippen LogP contribution is 2.28. The lowest BCUT2D eigenvalue weighted by Crippen LogP contribution is -2.12. The van der Waals surface area contributed by atoms with E-state index in [0.29, 0.717) is 12.2 Å². The fourth-order valence-corrected chi connectivity index (χ4v) is 3.81. The first-order chi connectivity index (χ1) is 14.2. The van der Waals surface area contributed by atoms with Gasteiger partial charge in [0.15, 0.2) is 0 Å². The summed E-state index contributed by atoms with van der Waals surface area (Å²) in [5, 5.41) is 6.26. The van der Waals surface area contributed by atoms with Gasteiger partial charge in [-0.05, 0) is 43.5 Å². The molecule has 1 aliphatic rings. The van der Waals surface area contributed by atoms with E-state index >= 15 is 0 Å². The number of benzene rings is 1. The average Bonchev–Trinajstić information content (AvgIpc) is 3.40. The van der Waals surface area contributed by atoms with Gasteiger partial charge in [0, 0.05) is 36.3 Å². The van der Waals surface area contributed by atoms with Gasteiger partial charge in [-0.3, -0.25) is 9.36 Å². The molecule has 2 heterocycles. The lowest BCUT2D eigenvalue weighted by Gasteiger charge is -2.11. The van der Waals surface area contributed by atoms with Gasteiger partial charge in [0.25, 0.3) is 0 Å². The van der Waals surface area contributed by atoms with Crippen LogP contribution in [-0.2, 0) is 4.79 Å². The molecule has 3 aromatic rings. The van der Waals surface area contributed by atoms with Crippen molar-refractivity contribution in [3.63, 3.8) is 0 Å². The molecule has 1 fully saturated rings. The molecule has 150 valence electrons. The van der Waals surface area contributed by atoms with E-state index in [4.69, 9.17) is 0 Å². The first kappa shape index (κ1) is 19.1. The van der Waals surface area contributed by atoms with Crippen LogP contribution in [0.4, 0.5) is 17.2 Å². The van der Waals surface area contributed by atoms with Crippen molar-refractivity contribution in [1.82, 2.24) is 19.5 Å². The Morgan fingerprint density at radius 1 is 1.10 bits per heavy atom. The van der Waals surface area contributed by atoms with Crippen molar-refractivity contribution >= 4 is 23.1 Å². The van der Waals surface area contributed by atoms with Crippen LogP contribution in [0.5, 0.6) is 0 Å². The Bertz CT molecular complexity index is 959. The van der Waals surface area contributed by atoms with E-state index in [-0.39, 0.29) is 5.91 Å². The molecular weight excluding hydrogens is 364 g/mol. The van der Waals surface area contributed by atoms with Gasteiger partial charge in [-0.1, -0.05) is 25.7 Å². The molecule has 0 atom stereocenters. The van der Waals surface area contributed by atoms with Gasteiger partial charge in [-0.25, -0.2) is 15.0 Å². The Morgan fingerprint density at radius 2 is 1.86 bits per heavy atom. The van der Waals surface area contributed by atoms with E-state index < -0.39 is 0 Å². The second kappa shape index (κ2) is 8.86. The van der Waals surface area contributed by atoms with E-state index in [0.717, 1.165) is 35.4 Å². The summed E-state index contributed by atoms with van der Waals surface area (Å²) in [6, 6.07) is 9.52. The molecule has 4 rings (SSSR count). The standard InChI is InChI=1S/C22H26N6O/c1-16-23-12-13-28(16)21-14-20(24-15-25-21)26-18-7-9-19(10-8-18)27-22(29)11-6-17-4-2-3-5-17/h7-10,12-15,17H,2-6,11H2,1H3,(H,27,29)(H,24,25,26). The van der Waals surface area contributed by atoms with Crippen molar-refractivity contribution in [3.8, 4) is 5.82 Å². The summed E-state index contributed by atoms with van der Waals surface area (Å²) in [4.78, 5) is 25.0. The number of aromatic nitrogens is 4. The van der Waals surface area contributed by atoms with Crippen LogP contribution in [0.3, 0.4) is 0 Å². The minimum Gasteiger partial charge on any atom is -0.340 e. The zero-order valence-corrected chi connectivity index (χ0v) is 16.6. The fourth-order valence-electron chi connectivity index (χ4n) is 3.81. The lowest BCUT2D eigenvalue weighted by molar-refractivity contribution is -0.116. The third-order valence-corrected chi connectivity index (χ3v) is 5.42. The number of anilines is 3. The van der Waals surface area contributed by atoms with Crippen molar-refractivity contribution < 1.29 is 4.79 Å². The third kappa shape index (κ3) is 4.99. The van der Waals surface area contributed by atoms with E-state index in [9.17, 15) is 4.79 Å². The van der Waals surface area contributed by atoms with Gasteiger partial charge in [0.2, 0.25) is 5.91 Å². The highest BCUT2D eigenvalue weighted by Gasteiger charge is 2.16. The largest absolute Gasteiger partial charge is 0.340 e. The first-order valence-electron chi connectivity index (χ1n) is 10.2. The van der Waals surface area contributed by atoms with Crippen molar-refractivity contribution in [2.75, 3.05) is 10.6 Å². The molecule has 29 heavy (non-hydrogen) atoms. The molecular formula is C22H26N6O. The molecule has 7 heteroatoms. The van der Waals surface area contributed by atoms with Crippen LogP contribution in [0.25, 0.3) is 5.82 Å². The van der Waals surface area contributed by atoms with Gasteiger partial charge in [0.05, 0.1) is 0 Å². The average molecular weight is 390 g/mol. The maximum Gasteiger partial charge on any atom is 0.224 e. The molecule has 1 saturated carbocycles. The third-order valence-electron chi connectivity index (χ3n) is 5.42. The molecule has 1 aromatic carbocycles. The van der Waals surface area contributed by atoms with Gasteiger partial charge >= 0.3 is 0 Å². The number of carbonyl (C=O) groups is 1. The summed E-state index contributed by atoms with van der Waals surface area (Å²) in [5.41, 5.74) is 1.70. The fraction of sp³-hybridized carbons (Fsp3) is 0.364. The molecule has 0 saturated heterocycles. The lowest BCUT2D eigenvalue weighted by atomic mass is 10.0. The van der Waals surface area contributed by atoms with Gasteiger partial charge < -0.3 is 10.6 Å². The predicted octanol–water partition coefficient (Wildman–Crippen LogP) is 4.62. The maximum absolute atomic E-state index is 12.2. The maximum atomic E-state index is 12.2. The summed E-state index contributed by atoms with van der Waals surface area (Å²) in [6.45, 7) is 1.93. The summed E-state index contributed by atoms with van der Waals surface area (Å²) in [5.74, 6) is 3.13. The highest BCUT2D eigenvalue weighted by atomic mass is 16.1. The number of carbonyl (C=O) groups excluding carboxylic acids is 1. The molecule has 1 aliphatic carbocycles. The quantitative estimate of drug-likeness (QED) is 0.615. The minimum absolute atomic E-state index is 0.0914. The van der Waals surface area contributed by atoms with Crippen molar-refractivity contribution in [2.45, 2.75) is 45.4 Å². The van der Waals surface area contributed by atoms with Crippen LogP contribution in [0.15, 0.2) is 49.1 Å². The van der Waals surface area contributed by atoms with Crippen LogP contribution in [0.1, 0.15) is 44.3 Å². The molecule has 7 nitrogen and oxygen atoms in total. The second-order valence-corrected chi connectivity index (χ2v) is 7.55. The van der Waals surface area contributed by atoms with Gasteiger partial charge in [-0.2, -0.15) is 0 Å². The Kier molecular flexibility index (Phi) is 5.84. The molecule has 1 amide bonds. The Labute approximate surface area is 170 Å². The molecule has 0 bridgehead atoms. The SMILES string of the molecule is Cc1nccn1-c1cc(Nc2ccc(NC(=O)CCC3CCCC3)cc2)ncn1. The Morgan fingerprint density at radius 3 is 2.59 bits per heavy atom. The number of amides is 1. The zero-order valence-electron chi connectivity index (χ0n) is 16.6. The summed E-state index contributed by atoms with van der Waals surface area (Å²) < 4.78 is 1.90. The zero-order chi connectivity index (χ0) is 20.1. The summed E-state index contributed by atoms with van der Waals surface area (Å²) >= 11 is 0. The Balaban J connectivity index is 1.33. The van der Waals surface area contributed by atoms with Crippen LogP contribution in [-0.4, -0.2) is 25.4 Å². The summed E-state index contributed by atoms with van der Waals surface area (Å²) in [6.07, 6.45) is 11.9. The molecule has 0 spiro atoms. The van der Waals surface area contributed by atoms with Crippen molar-refractivity contribution in [1.29, 1.82) is 0 Å². The number of imidazole rings is 1. The molecule has 0 unspecified atom stereocenters. The molecule has 2 aromatic heterocycles. The Hall–Kier alpha value is -3.22. The van der Waals surface area contributed by atoms with E-state index in [1.54, 1.807) is 6.20 Å². The number of nitrogens with one attached hydrogen (secondary N) is 2. The van der Waals surface area contributed by atoms with Crippen LogP contribution in [0.2, 0.25) is 0 Å². The van der Waals surface area contributed by atoms with E-state index in [2.05, 4.69) is 25.6 Å². The van der Waals surface area contributed by atoms with Crippen LogP contribution in [0, 0.1) is 12.8 Å². The van der Waals surface area contributed by atoms with E-state index in [1.165, 1.54) is 32.0 Å². The van der Waals surface area contributed by atoms with Crippen LogP contribution >= 0.6 is 0 Å². The topological polar surface area (TPSA) is 84.7 Å². The van der Waals surface area contributed by atoms with Crippen LogP contribution < -0.4 is 10.6 Å². The second-order valence-electron chi connectivity index (χ2n) is 7.55.